The zero-order valence-electron chi connectivity index (χ0n) is 9.79. The first-order valence-electron chi connectivity index (χ1n) is 5.18. The van der Waals surface area contributed by atoms with E-state index in [9.17, 15) is 4.79 Å². The van der Waals surface area contributed by atoms with Crippen LogP contribution in [-0.2, 0) is 4.79 Å². The van der Waals surface area contributed by atoms with Gasteiger partial charge in [-0.15, -0.1) is 0 Å². The normalized spacial score (nSPS) is 13.0. The highest BCUT2D eigenvalue weighted by Gasteiger charge is 2.14. The monoisotopic (exact) mass is 201 g/mol. The fourth-order valence-corrected chi connectivity index (χ4v) is 1.29. The Hall–Kier alpha value is -0.610. The highest BCUT2D eigenvalue weighted by atomic mass is 16.2. The van der Waals surface area contributed by atoms with Crippen LogP contribution >= 0.6 is 0 Å². The Balaban J connectivity index is 3.85. The molecule has 0 aliphatic heterocycles. The summed E-state index contributed by atoms with van der Waals surface area (Å²) in [6, 6.07) is -0.380. The summed E-state index contributed by atoms with van der Waals surface area (Å²) in [5.41, 5.74) is 5.54. The van der Waals surface area contributed by atoms with Crippen LogP contribution in [-0.4, -0.2) is 55.5 Å². The molecule has 4 heteroatoms. The van der Waals surface area contributed by atoms with Crippen LogP contribution in [0.5, 0.6) is 0 Å². The van der Waals surface area contributed by atoms with Gasteiger partial charge < -0.3 is 15.5 Å². The number of hydrogen-bond donors (Lipinski definition) is 1. The van der Waals surface area contributed by atoms with Crippen LogP contribution in [0.4, 0.5) is 0 Å². The van der Waals surface area contributed by atoms with Gasteiger partial charge in [-0.25, -0.2) is 0 Å². The maximum absolute atomic E-state index is 11.5. The lowest BCUT2D eigenvalue weighted by molar-refractivity contribution is -0.132. The van der Waals surface area contributed by atoms with E-state index in [0.717, 1.165) is 26.1 Å². The summed E-state index contributed by atoms with van der Waals surface area (Å²) in [6.07, 6.45) is 0.999. The lowest BCUT2D eigenvalue weighted by Gasteiger charge is -2.23. The molecule has 0 aromatic heterocycles. The molecule has 4 nitrogen and oxygen atoms in total. The van der Waals surface area contributed by atoms with Crippen LogP contribution < -0.4 is 5.73 Å². The number of carbonyl (C=O) groups is 1. The number of carbonyl (C=O) groups excluding carboxylic acids is 1. The molecule has 0 unspecified atom stereocenters. The van der Waals surface area contributed by atoms with E-state index in [2.05, 4.69) is 4.90 Å². The van der Waals surface area contributed by atoms with Crippen molar-refractivity contribution in [1.29, 1.82) is 0 Å². The second-order valence-corrected chi connectivity index (χ2v) is 3.86. The van der Waals surface area contributed by atoms with Gasteiger partial charge in [0.25, 0.3) is 0 Å². The molecule has 0 radical (unpaired) electrons. The van der Waals surface area contributed by atoms with Gasteiger partial charge >= 0.3 is 0 Å². The molecule has 0 saturated heterocycles. The Morgan fingerprint density at radius 2 is 1.93 bits per heavy atom. The Kier molecular flexibility index (Phi) is 6.49. The number of nitrogens with zero attached hydrogens (tertiary/aromatic N) is 2. The lowest BCUT2D eigenvalue weighted by atomic mass is 10.2. The molecular formula is C10H23N3O. The SMILES string of the molecule is CCN(CCCN(C)C)C(=O)[C@H](C)N. The first kappa shape index (κ1) is 13.4. The van der Waals surface area contributed by atoms with Gasteiger partial charge in [0, 0.05) is 13.1 Å². The van der Waals surface area contributed by atoms with Gasteiger partial charge in [0.15, 0.2) is 0 Å². The third-order valence-corrected chi connectivity index (χ3v) is 2.12. The first-order chi connectivity index (χ1) is 6.49. The van der Waals surface area contributed by atoms with Gasteiger partial charge in [-0.1, -0.05) is 0 Å². The molecule has 0 aromatic rings. The number of nitrogens with two attached hydrogens (primary N) is 1. The molecule has 0 aliphatic rings. The van der Waals surface area contributed by atoms with Gasteiger partial charge in [-0.2, -0.15) is 0 Å². The van der Waals surface area contributed by atoms with Crippen molar-refractivity contribution < 1.29 is 4.79 Å². The Bertz CT molecular complexity index is 169. The Labute approximate surface area is 87.0 Å². The molecule has 0 heterocycles. The number of likely N-dealkylation sites (N-methyl/N-ethyl adjacent to an activating group) is 1. The maximum atomic E-state index is 11.5. The van der Waals surface area contributed by atoms with Crippen LogP contribution in [0.3, 0.4) is 0 Å². The summed E-state index contributed by atoms with van der Waals surface area (Å²) in [7, 11) is 4.06. The maximum Gasteiger partial charge on any atom is 0.239 e. The molecule has 1 amide bonds. The summed E-state index contributed by atoms with van der Waals surface area (Å²) in [5, 5.41) is 0. The highest BCUT2D eigenvalue weighted by Crippen LogP contribution is 1.96. The largest absolute Gasteiger partial charge is 0.342 e. The van der Waals surface area contributed by atoms with Crippen LogP contribution in [0.25, 0.3) is 0 Å². The molecule has 0 fully saturated rings. The van der Waals surface area contributed by atoms with Gasteiger partial charge in [-0.3, -0.25) is 4.79 Å². The molecule has 0 rings (SSSR count). The molecular weight excluding hydrogens is 178 g/mol. The van der Waals surface area contributed by atoms with E-state index in [1.807, 2.05) is 25.9 Å². The Morgan fingerprint density at radius 1 is 1.36 bits per heavy atom. The summed E-state index contributed by atoms with van der Waals surface area (Å²) in [4.78, 5) is 15.5. The molecule has 14 heavy (non-hydrogen) atoms. The van der Waals surface area contributed by atoms with Crippen molar-refractivity contribution in [3.8, 4) is 0 Å². The summed E-state index contributed by atoms with van der Waals surface area (Å²) >= 11 is 0. The second kappa shape index (κ2) is 6.79. The van der Waals surface area contributed by atoms with Gasteiger partial charge in [0.1, 0.15) is 0 Å². The quantitative estimate of drug-likeness (QED) is 0.665. The molecule has 84 valence electrons. The zero-order valence-corrected chi connectivity index (χ0v) is 9.79. The van der Waals surface area contributed by atoms with E-state index in [4.69, 9.17) is 5.73 Å². The minimum atomic E-state index is -0.380. The molecule has 1 atom stereocenters. The van der Waals surface area contributed by atoms with E-state index in [-0.39, 0.29) is 11.9 Å². The zero-order chi connectivity index (χ0) is 11.1. The molecule has 2 N–H and O–H groups in total. The number of amides is 1. The summed E-state index contributed by atoms with van der Waals surface area (Å²) in [6.45, 7) is 6.26. The van der Waals surface area contributed by atoms with Gasteiger partial charge in [0.2, 0.25) is 5.91 Å². The molecule has 0 spiro atoms. The predicted octanol–water partition coefficient (Wildman–Crippen LogP) is 0.134. The van der Waals surface area contributed by atoms with Crippen LogP contribution in [0, 0.1) is 0 Å². The summed E-state index contributed by atoms with van der Waals surface area (Å²) < 4.78 is 0. The van der Waals surface area contributed by atoms with E-state index >= 15 is 0 Å². The van der Waals surface area contributed by atoms with Gasteiger partial charge in [0.05, 0.1) is 6.04 Å². The van der Waals surface area contributed by atoms with Crippen molar-refractivity contribution in [2.75, 3.05) is 33.7 Å². The smallest absolute Gasteiger partial charge is 0.239 e. The second-order valence-electron chi connectivity index (χ2n) is 3.86. The number of rotatable bonds is 6. The molecule has 0 aliphatic carbocycles. The van der Waals surface area contributed by atoms with Crippen molar-refractivity contribution in [2.45, 2.75) is 26.3 Å². The first-order valence-corrected chi connectivity index (χ1v) is 5.18. The molecule has 0 bridgehead atoms. The third kappa shape index (κ3) is 5.19. The van der Waals surface area contributed by atoms with E-state index < -0.39 is 0 Å². The Morgan fingerprint density at radius 3 is 2.29 bits per heavy atom. The molecule has 0 aromatic carbocycles. The average molecular weight is 201 g/mol. The van der Waals surface area contributed by atoms with E-state index in [0.29, 0.717) is 0 Å². The average Bonchev–Trinajstić information content (AvgIpc) is 2.10. The van der Waals surface area contributed by atoms with Crippen LogP contribution in [0.2, 0.25) is 0 Å². The van der Waals surface area contributed by atoms with Crippen molar-refractivity contribution in [3.63, 3.8) is 0 Å². The van der Waals surface area contributed by atoms with Crippen molar-refractivity contribution in [2.24, 2.45) is 5.73 Å². The van der Waals surface area contributed by atoms with Gasteiger partial charge in [-0.05, 0) is 40.9 Å². The molecule has 0 saturated carbocycles. The van der Waals surface area contributed by atoms with Crippen LogP contribution in [0.15, 0.2) is 0 Å². The van der Waals surface area contributed by atoms with E-state index in [1.165, 1.54) is 0 Å². The summed E-state index contributed by atoms with van der Waals surface area (Å²) in [5.74, 6) is 0.0475. The topological polar surface area (TPSA) is 49.6 Å². The third-order valence-electron chi connectivity index (χ3n) is 2.12. The fourth-order valence-electron chi connectivity index (χ4n) is 1.29. The lowest BCUT2D eigenvalue weighted by Crippen LogP contribution is -2.42. The van der Waals surface area contributed by atoms with Crippen molar-refractivity contribution in [3.05, 3.63) is 0 Å². The minimum absolute atomic E-state index is 0.0475. The van der Waals surface area contributed by atoms with E-state index in [1.54, 1.807) is 6.92 Å². The number of hydrogen-bond acceptors (Lipinski definition) is 3. The van der Waals surface area contributed by atoms with Crippen LogP contribution in [0.1, 0.15) is 20.3 Å². The van der Waals surface area contributed by atoms with Crippen molar-refractivity contribution >= 4 is 5.91 Å². The fraction of sp³-hybridized carbons (Fsp3) is 0.900. The standard InChI is InChI=1S/C10H23N3O/c1-5-13(10(14)9(2)11)8-6-7-12(3)4/h9H,5-8,11H2,1-4H3/t9-/m0/s1. The highest BCUT2D eigenvalue weighted by molar-refractivity contribution is 5.81. The van der Waals surface area contributed by atoms with Crippen molar-refractivity contribution in [1.82, 2.24) is 9.80 Å². The predicted molar refractivity (Wildman–Crippen MR) is 59.1 cm³/mol. The minimum Gasteiger partial charge on any atom is -0.342 e.